The van der Waals surface area contributed by atoms with Gasteiger partial charge < -0.3 is 9.30 Å². The fourth-order valence-corrected chi connectivity index (χ4v) is 6.61. The molecule has 4 rings (SSSR count). The molecule has 0 saturated carbocycles. The Kier molecular flexibility index (Phi) is 6.44. The van der Waals surface area contributed by atoms with E-state index in [1.807, 2.05) is 30.7 Å². The molecule has 1 aliphatic rings. The Morgan fingerprint density at radius 1 is 1.16 bits per heavy atom. The van der Waals surface area contributed by atoms with Gasteiger partial charge in [-0.25, -0.2) is 8.42 Å². The monoisotopic (exact) mass is 493 g/mol. The molecule has 0 radical (unpaired) electrons. The average molecular weight is 494 g/mol. The first kappa shape index (κ1) is 23.0. The first-order chi connectivity index (χ1) is 15.2. The molecule has 1 fully saturated rings. The summed E-state index contributed by atoms with van der Waals surface area (Å²) in [5, 5.41) is 0.483. The summed E-state index contributed by atoms with van der Waals surface area (Å²) in [5.74, 6) is 0.214. The number of aryl methyl sites for hydroxylation is 2. The van der Waals surface area contributed by atoms with Gasteiger partial charge in [-0.05, 0) is 55.7 Å². The van der Waals surface area contributed by atoms with E-state index in [0.29, 0.717) is 22.7 Å². The molecule has 1 amide bonds. The van der Waals surface area contributed by atoms with Crippen LogP contribution in [-0.4, -0.2) is 43.4 Å². The van der Waals surface area contributed by atoms with Crippen LogP contribution in [0.2, 0.25) is 5.02 Å². The molecule has 0 unspecified atom stereocenters. The van der Waals surface area contributed by atoms with E-state index in [4.69, 9.17) is 16.3 Å². The van der Waals surface area contributed by atoms with Crippen molar-refractivity contribution in [2.24, 2.45) is 18.0 Å². The van der Waals surface area contributed by atoms with Gasteiger partial charge in [-0.3, -0.25) is 4.79 Å². The topological polar surface area (TPSA) is 81.0 Å². The fourth-order valence-electron chi connectivity index (χ4n) is 3.90. The molecule has 1 saturated heterocycles. The highest BCUT2D eigenvalue weighted by Crippen LogP contribution is 2.30. The summed E-state index contributed by atoms with van der Waals surface area (Å²) in [6.07, 6.45) is 0.873. The molecular weight excluding hydrogens is 470 g/mol. The maximum atomic E-state index is 12.9. The first-order valence-corrected chi connectivity index (χ1v) is 12.8. The molecule has 0 N–H and O–H groups in total. The van der Waals surface area contributed by atoms with Crippen molar-refractivity contribution in [1.82, 2.24) is 8.87 Å². The average Bonchev–Trinajstić information content (AvgIpc) is 3.11. The van der Waals surface area contributed by atoms with Gasteiger partial charge in [0, 0.05) is 31.1 Å². The highest BCUT2D eigenvalue weighted by atomic mass is 35.5. The van der Waals surface area contributed by atoms with Crippen LogP contribution in [-0.2, 0) is 21.9 Å². The van der Waals surface area contributed by atoms with Crippen molar-refractivity contribution in [2.45, 2.75) is 24.7 Å². The van der Waals surface area contributed by atoms with E-state index in [1.165, 1.54) is 27.8 Å². The Labute approximate surface area is 196 Å². The normalized spacial score (nSPS) is 16.6. The molecule has 7 nitrogen and oxygen atoms in total. The number of piperidine rings is 1. The van der Waals surface area contributed by atoms with Crippen LogP contribution >= 0.6 is 22.9 Å². The van der Waals surface area contributed by atoms with Crippen LogP contribution in [0.15, 0.2) is 46.3 Å². The molecule has 0 spiro atoms. The molecule has 32 heavy (non-hydrogen) atoms. The third-order valence-electron chi connectivity index (χ3n) is 5.79. The van der Waals surface area contributed by atoms with Crippen LogP contribution in [0.1, 0.15) is 18.4 Å². The Balaban J connectivity index is 1.53. The maximum Gasteiger partial charge on any atom is 0.251 e. The van der Waals surface area contributed by atoms with Crippen molar-refractivity contribution in [2.75, 3.05) is 20.2 Å². The largest absolute Gasteiger partial charge is 0.495 e. The molecule has 0 atom stereocenters. The lowest BCUT2D eigenvalue weighted by Crippen LogP contribution is -2.40. The van der Waals surface area contributed by atoms with E-state index in [0.717, 1.165) is 21.5 Å². The summed E-state index contributed by atoms with van der Waals surface area (Å²) in [5.41, 5.74) is 2.00. The molecular formula is C22H24ClN3O4S2. The lowest BCUT2D eigenvalue weighted by Gasteiger charge is -2.29. The lowest BCUT2D eigenvalue weighted by molar-refractivity contribution is -0.122. The van der Waals surface area contributed by atoms with Crippen LogP contribution in [0, 0.1) is 12.8 Å². The summed E-state index contributed by atoms with van der Waals surface area (Å²) in [6, 6.07) is 10.0. The summed E-state index contributed by atoms with van der Waals surface area (Å²) in [6.45, 7) is 2.57. The number of rotatable bonds is 4. The molecule has 2 aromatic carbocycles. The smallest absolute Gasteiger partial charge is 0.251 e. The Morgan fingerprint density at radius 2 is 1.81 bits per heavy atom. The minimum Gasteiger partial charge on any atom is -0.495 e. The number of carbonyl (C=O) groups is 1. The number of methoxy groups -OCH3 is 1. The number of ether oxygens (including phenoxy) is 1. The van der Waals surface area contributed by atoms with Crippen LogP contribution in [0.25, 0.3) is 10.2 Å². The predicted molar refractivity (Wildman–Crippen MR) is 126 cm³/mol. The Hall–Kier alpha value is -2.20. The van der Waals surface area contributed by atoms with Gasteiger partial charge in [0.05, 0.1) is 16.7 Å². The predicted octanol–water partition coefficient (Wildman–Crippen LogP) is 3.74. The lowest BCUT2D eigenvalue weighted by atomic mass is 9.98. The SMILES string of the molecule is COc1ccc(C)c2sc(=NC(=O)C3CCN(S(=O)(=O)c4ccc(Cl)cc4)CC3)n(C)c12. The van der Waals surface area contributed by atoms with Crippen molar-refractivity contribution >= 4 is 49.1 Å². The molecule has 3 aromatic rings. The summed E-state index contributed by atoms with van der Waals surface area (Å²) >= 11 is 7.32. The minimum absolute atomic E-state index is 0.206. The van der Waals surface area contributed by atoms with E-state index >= 15 is 0 Å². The second-order valence-corrected chi connectivity index (χ2v) is 11.1. The second kappa shape index (κ2) is 8.97. The number of fused-ring (bicyclic) bond motifs is 1. The van der Waals surface area contributed by atoms with Crippen LogP contribution < -0.4 is 9.54 Å². The number of carbonyl (C=O) groups excluding carboxylic acids is 1. The highest BCUT2D eigenvalue weighted by molar-refractivity contribution is 7.89. The fraction of sp³-hybridized carbons (Fsp3) is 0.364. The summed E-state index contributed by atoms with van der Waals surface area (Å²) < 4.78 is 35.5. The first-order valence-electron chi connectivity index (χ1n) is 10.2. The highest BCUT2D eigenvalue weighted by Gasteiger charge is 2.32. The standard InChI is InChI=1S/C22H24ClN3O4S2/c1-14-4-9-18(30-3)19-20(14)31-22(25(19)2)24-21(27)15-10-12-26(13-11-15)32(28,29)17-7-5-16(23)6-8-17/h4-9,15H,10-13H2,1-3H3. The van der Waals surface area contributed by atoms with E-state index in [1.54, 1.807) is 19.2 Å². The zero-order valence-electron chi connectivity index (χ0n) is 18.0. The van der Waals surface area contributed by atoms with Gasteiger partial charge in [0.1, 0.15) is 11.3 Å². The summed E-state index contributed by atoms with van der Waals surface area (Å²) in [7, 11) is -0.117. The summed E-state index contributed by atoms with van der Waals surface area (Å²) in [4.78, 5) is 18.1. The molecule has 10 heteroatoms. The van der Waals surface area contributed by atoms with Crippen molar-refractivity contribution in [3.63, 3.8) is 0 Å². The molecule has 0 aliphatic carbocycles. The van der Waals surface area contributed by atoms with Crippen LogP contribution in [0.5, 0.6) is 5.75 Å². The van der Waals surface area contributed by atoms with Gasteiger partial charge in [0.2, 0.25) is 10.0 Å². The van der Waals surface area contributed by atoms with E-state index in [9.17, 15) is 13.2 Å². The zero-order chi connectivity index (χ0) is 23.0. The van der Waals surface area contributed by atoms with E-state index in [2.05, 4.69) is 4.99 Å². The number of sulfonamides is 1. The van der Waals surface area contributed by atoms with Crippen molar-refractivity contribution in [1.29, 1.82) is 0 Å². The Morgan fingerprint density at radius 3 is 2.44 bits per heavy atom. The van der Waals surface area contributed by atoms with Gasteiger partial charge in [0.25, 0.3) is 5.91 Å². The molecule has 1 aromatic heterocycles. The second-order valence-electron chi connectivity index (χ2n) is 7.79. The van der Waals surface area contributed by atoms with Crippen molar-refractivity contribution < 1.29 is 17.9 Å². The number of halogens is 1. The van der Waals surface area contributed by atoms with Gasteiger partial charge in [0.15, 0.2) is 4.80 Å². The molecule has 0 bridgehead atoms. The number of benzene rings is 2. The quantitative estimate of drug-likeness (QED) is 0.554. The van der Waals surface area contributed by atoms with Gasteiger partial charge in [-0.1, -0.05) is 29.0 Å². The number of thiazole rings is 1. The minimum atomic E-state index is -3.61. The maximum absolute atomic E-state index is 12.9. The van der Waals surface area contributed by atoms with Gasteiger partial charge in [-0.2, -0.15) is 9.30 Å². The zero-order valence-corrected chi connectivity index (χ0v) is 20.4. The Bertz CT molecular complexity index is 1340. The van der Waals surface area contributed by atoms with Crippen molar-refractivity contribution in [3.8, 4) is 5.75 Å². The molecule has 1 aliphatic heterocycles. The molecule has 2 heterocycles. The van der Waals surface area contributed by atoms with Crippen LogP contribution in [0.4, 0.5) is 0 Å². The third kappa shape index (κ3) is 4.22. The third-order valence-corrected chi connectivity index (χ3v) is 9.22. The number of nitrogens with zero attached hydrogens (tertiary/aromatic N) is 3. The van der Waals surface area contributed by atoms with Crippen molar-refractivity contribution in [3.05, 3.63) is 51.8 Å². The number of aromatic nitrogens is 1. The number of hydrogen-bond acceptors (Lipinski definition) is 5. The van der Waals surface area contributed by atoms with Crippen LogP contribution in [0.3, 0.4) is 0 Å². The van der Waals surface area contributed by atoms with E-state index < -0.39 is 10.0 Å². The van der Waals surface area contributed by atoms with Gasteiger partial charge in [-0.15, -0.1) is 0 Å². The molecule has 170 valence electrons. The number of hydrogen-bond donors (Lipinski definition) is 0. The van der Waals surface area contributed by atoms with E-state index in [-0.39, 0.29) is 29.8 Å². The number of amides is 1. The van der Waals surface area contributed by atoms with Gasteiger partial charge >= 0.3 is 0 Å².